The van der Waals surface area contributed by atoms with Crippen LogP contribution in [-0.4, -0.2) is 25.3 Å². The first-order valence-electron chi connectivity index (χ1n) is 8.54. The molecule has 2 aromatic carbocycles. The van der Waals surface area contributed by atoms with Gasteiger partial charge < -0.3 is 0 Å². The highest BCUT2D eigenvalue weighted by Gasteiger charge is 2.29. The Morgan fingerprint density at radius 2 is 1.73 bits per heavy atom. The number of rotatable bonds is 6. The van der Waals surface area contributed by atoms with E-state index in [0.717, 1.165) is 12.8 Å². The number of benzene rings is 2. The van der Waals surface area contributed by atoms with E-state index in [1.165, 1.54) is 16.6 Å². The van der Waals surface area contributed by atoms with Crippen LogP contribution in [0.1, 0.15) is 29.2 Å². The number of carbonyl (C=O) groups excluding carboxylic acids is 1. The van der Waals surface area contributed by atoms with Crippen LogP contribution in [0.3, 0.4) is 0 Å². The maximum Gasteiger partial charge on any atom is 0.266 e. The summed E-state index contributed by atoms with van der Waals surface area (Å²) < 4.78 is 27.7. The summed E-state index contributed by atoms with van der Waals surface area (Å²) in [5, 5.41) is 8.96. The molecule has 0 radical (unpaired) electrons. The second-order valence-electron chi connectivity index (χ2n) is 6.60. The van der Waals surface area contributed by atoms with Crippen LogP contribution in [-0.2, 0) is 27.7 Å². The highest BCUT2D eigenvalue weighted by Crippen LogP contribution is 2.26. The molecule has 26 heavy (non-hydrogen) atoms. The first kappa shape index (κ1) is 18.6. The molecule has 2 aromatic rings. The molecule has 0 fully saturated rings. The average Bonchev–Trinajstić information content (AvgIpc) is 2.66. The molecule has 0 bridgehead atoms. The van der Waals surface area contributed by atoms with Gasteiger partial charge in [0, 0.05) is 0 Å². The largest absolute Gasteiger partial charge is 0.289 e. The van der Waals surface area contributed by atoms with Crippen molar-refractivity contribution in [1.82, 2.24) is 10.2 Å². The number of aryl methyl sites for hydroxylation is 1. The van der Waals surface area contributed by atoms with Crippen LogP contribution in [0.4, 0.5) is 0 Å². The summed E-state index contributed by atoms with van der Waals surface area (Å²) in [5.41, 5.74) is 4.47. The Morgan fingerprint density at radius 3 is 2.42 bits per heavy atom. The lowest BCUT2D eigenvalue weighted by Crippen LogP contribution is -2.41. The van der Waals surface area contributed by atoms with Crippen molar-refractivity contribution >= 4 is 15.9 Å². The van der Waals surface area contributed by atoms with Gasteiger partial charge in [-0.15, -0.1) is 0 Å². The number of hydrogen-bond donors (Lipinski definition) is 3. The summed E-state index contributed by atoms with van der Waals surface area (Å²) in [6, 6.07) is 15.4. The van der Waals surface area contributed by atoms with Crippen molar-refractivity contribution in [2.24, 2.45) is 5.92 Å². The molecule has 0 saturated heterocycles. The molecular weight excluding hydrogens is 352 g/mol. The molecule has 7 heteroatoms. The van der Waals surface area contributed by atoms with E-state index < -0.39 is 22.0 Å². The second kappa shape index (κ2) is 7.99. The second-order valence-corrected chi connectivity index (χ2v) is 8.40. The molecule has 3 N–H and O–H groups in total. The van der Waals surface area contributed by atoms with E-state index in [4.69, 9.17) is 5.21 Å². The van der Waals surface area contributed by atoms with Crippen molar-refractivity contribution in [2.45, 2.75) is 25.3 Å². The van der Waals surface area contributed by atoms with Crippen molar-refractivity contribution in [1.29, 1.82) is 0 Å². The summed E-state index contributed by atoms with van der Waals surface area (Å²) in [5.74, 6) is -0.867. The SMILES string of the molecule is O=C(NO)C(NS(=O)(=O)CC1CCc2ccccc2C1)c1ccccc1. The Bertz CT molecular complexity index is 868. The number of hydrogen-bond acceptors (Lipinski definition) is 4. The Kier molecular flexibility index (Phi) is 5.70. The minimum absolute atomic E-state index is 0.00369. The molecule has 0 heterocycles. The van der Waals surface area contributed by atoms with Gasteiger partial charge in [0.15, 0.2) is 0 Å². The molecule has 0 saturated carbocycles. The number of amides is 1. The highest BCUT2D eigenvalue weighted by molar-refractivity contribution is 7.89. The summed E-state index contributed by atoms with van der Waals surface area (Å²) >= 11 is 0. The molecule has 2 atom stereocenters. The fraction of sp³-hybridized carbons (Fsp3) is 0.316. The zero-order chi connectivity index (χ0) is 18.6. The molecule has 3 rings (SSSR count). The molecule has 1 aliphatic rings. The average molecular weight is 374 g/mol. The molecule has 6 nitrogen and oxygen atoms in total. The zero-order valence-electron chi connectivity index (χ0n) is 14.3. The molecule has 0 aromatic heterocycles. The molecular formula is C19H22N2O4S. The van der Waals surface area contributed by atoms with Gasteiger partial charge in [0.05, 0.1) is 5.75 Å². The lowest BCUT2D eigenvalue weighted by molar-refractivity contribution is -0.131. The first-order valence-corrected chi connectivity index (χ1v) is 10.2. The normalized spacial score (nSPS) is 18.0. The molecule has 0 aliphatic heterocycles. The van der Waals surface area contributed by atoms with Crippen LogP contribution in [0.5, 0.6) is 0 Å². The Morgan fingerprint density at radius 1 is 1.08 bits per heavy atom. The van der Waals surface area contributed by atoms with Crippen LogP contribution in [0, 0.1) is 5.92 Å². The van der Waals surface area contributed by atoms with Crippen molar-refractivity contribution in [3.63, 3.8) is 0 Å². The van der Waals surface area contributed by atoms with Crippen LogP contribution < -0.4 is 10.2 Å². The van der Waals surface area contributed by atoms with Gasteiger partial charge in [-0.1, -0.05) is 54.6 Å². The topological polar surface area (TPSA) is 95.5 Å². The number of fused-ring (bicyclic) bond motifs is 1. The molecule has 1 aliphatic carbocycles. The first-order chi connectivity index (χ1) is 12.5. The number of nitrogens with one attached hydrogen (secondary N) is 2. The molecule has 2 unspecified atom stereocenters. The fourth-order valence-corrected chi connectivity index (χ4v) is 5.04. The number of hydroxylamine groups is 1. The van der Waals surface area contributed by atoms with Gasteiger partial charge in [-0.3, -0.25) is 10.0 Å². The number of sulfonamides is 1. The van der Waals surface area contributed by atoms with Crippen LogP contribution in [0.2, 0.25) is 0 Å². The van der Waals surface area contributed by atoms with Crippen LogP contribution in [0.15, 0.2) is 54.6 Å². The van der Waals surface area contributed by atoms with Crippen molar-refractivity contribution in [3.05, 3.63) is 71.3 Å². The van der Waals surface area contributed by atoms with Gasteiger partial charge in [-0.05, 0) is 41.9 Å². The van der Waals surface area contributed by atoms with Gasteiger partial charge in [-0.25, -0.2) is 13.9 Å². The zero-order valence-corrected chi connectivity index (χ0v) is 15.1. The van der Waals surface area contributed by atoms with E-state index in [9.17, 15) is 13.2 Å². The highest BCUT2D eigenvalue weighted by atomic mass is 32.2. The summed E-state index contributed by atoms with van der Waals surface area (Å²) in [6.07, 6.45) is 2.36. The van der Waals surface area contributed by atoms with Gasteiger partial charge in [0.1, 0.15) is 6.04 Å². The van der Waals surface area contributed by atoms with E-state index in [1.807, 2.05) is 18.2 Å². The van der Waals surface area contributed by atoms with E-state index in [2.05, 4.69) is 10.8 Å². The van der Waals surface area contributed by atoms with E-state index >= 15 is 0 Å². The quantitative estimate of drug-likeness (QED) is 0.532. The summed E-state index contributed by atoms with van der Waals surface area (Å²) in [4.78, 5) is 12.0. The fourth-order valence-electron chi connectivity index (χ4n) is 3.44. The Hall–Kier alpha value is -2.22. The standard InChI is InChI=1S/C19H22N2O4S/c22-19(20-23)18(16-7-2-1-3-8-16)21-26(24,25)13-14-10-11-15-6-4-5-9-17(15)12-14/h1-9,14,18,21,23H,10-13H2,(H,20,22). The molecule has 138 valence electrons. The lowest BCUT2D eigenvalue weighted by Gasteiger charge is -2.25. The third-order valence-electron chi connectivity index (χ3n) is 4.71. The van der Waals surface area contributed by atoms with Gasteiger partial charge >= 0.3 is 0 Å². The Labute approximate surface area is 153 Å². The smallest absolute Gasteiger partial charge is 0.266 e. The van der Waals surface area contributed by atoms with Gasteiger partial charge in [-0.2, -0.15) is 4.72 Å². The third kappa shape index (κ3) is 4.49. The lowest BCUT2D eigenvalue weighted by atomic mass is 9.85. The maximum atomic E-state index is 12.6. The monoisotopic (exact) mass is 374 g/mol. The van der Waals surface area contributed by atoms with Gasteiger partial charge in [0.2, 0.25) is 10.0 Å². The summed E-state index contributed by atoms with van der Waals surface area (Å²) in [7, 11) is -3.71. The maximum absolute atomic E-state index is 12.6. The van der Waals surface area contributed by atoms with Crippen molar-refractivity contribution < 1.29 is 18.4 Å². The number of carbonyl (C=O) groups is 1. The predicted molar refractivity (Wildman–Crippen MR) is 98.0 cm³/mol. The Balaban J connectivity index is 1.72. The van der Waals surface area contributed by atoms with Crippen LogP contribution in [0.25, 0.3) is 0 Å². The molecule has 0 spiro atoms. The predicted octanol–water partition coefficient (Wildman–Crippen LogP) is 1.96. The minimum Gasteiger partial charge on any atom is -0.289 e. The van der Waals surface area contributed by atoms with Crippen molar-refractivity contribution in [2.75, 3.05) is 5.75 Å². The van der Waals surface area contributed by atoms with Crippen LogP contribution >= 0.6 is 0 Å². The third-order valence-corrected chi connectivity index (χ3v) is 6.21. The van der Waals surface area contributed by atoms with E-state index in [1.54, 1.807) is 30.3 Å². The van der Waals surface area contributed by atoms with E-state index in [0.29, 0.717) is 12.0 Å². The molecule has 1 amide bonds. The summed E-state index contributed by atoms with van der Waals surface area (Å²) in [6.45, 7) is 0. The minimum atomic E-state index is -3.71. The van der Waals surface area contributed by atoms with Crippen molar-refractivity contribution in [3.8, 4) is 0 Å². The van der Waals surface area contributed by atoms with E-state index in [-0.39, 0.29) is 11.7 Å². The van der Waals surface area contributed by atoms with Gasteiger partial charge in [0.25, 0.3) is 5.91 Å².